The summed E-state index contributed by atoms with van der Waals surface area (Å²) in [6.45, 7) is 4.44. The van der Waals surface area contributed by atoms with E-state index in [1.165, 1.54) is 5.56 Å². The van der Waals surface area contributed by atoms with Gasteiger partial charge in [-0.15, -0.1) is 11.6 Å². The smallest absolute Gasteiger partial charge is 0.123 e. The molecule has 2 rings (SSSR count). The Hall–Kier alpha value is -0.690. The number of ether oxygens (including phenoxy) is 1. The zero-order chi connectivity index (χ0) is 12.3. The fraction of sp³-hybridized carbons (Fsp3) is 0.600. The predicted octanol–water partition coefficient (Wildman–Crippen LogP) is 4.42. The SMILES string of the molecule is CC(C)CC(Cl)CCC1Cc2ccccc2O1. The monoisotopic (exact) mass is 252 g/mol. The summed E-state index contributed by atoms with van der Waals surface area (Å²) < 4.78 is 5.90. The Morgan fingerprint density at radius 3 is 2.82 bits per heavy atom. The largest absolute Gasteiger partial charge is 0.490 e. The number of hydrogen-bond acceptors (Lipinski definition) is 1. The molecule has 1 aliphatic rings. The van der Waals surface area contributed by atoms with E-state index in [4.69, 9.17) is 16.3 Å². The fourth-order valence-electron chi connectivity index (χ4n) is 2.41. The highest BCUT2D eigenvalue weighted by atomic mass is 35.5. The van der Waals surface area contributed by atoms with E-state index in [-0.39, 0.29) is 0 Å². The first-order valence-corrected chi connectivity index (χ1v) is 6.97. The Bertz CT molecular complexity index is 337. The van der Waals surface area contributed by atoms with Crippen LogP contribution in [0.3, 0.4) is 0 Å². The first-order chi connectivity index (χ1) is 8.15. The normalized spacial score (nSPS) is 20.1. The zero-order valence-electron chi connectivity index (χ0n) is 10.7. The van der Waals surface area contributed by atoms with Crippen molar-refractivity contribution < 1.29 is 4.74 Å². The van der Waals surface area contributed by atoms with E-state index in [0.717, 1.165) is 31.4 Å². The average Bonchev–Trinajstić information content (AvgIpc) is 2.68. The summed E-state index contributed by atoms with van der Waals surface area (Å²) in [4.78, 5) is 0. The standard InChI is InChI=1S/C15H21ClO/c1-11(2)9-13(16)7-8-14-10-12-5-3-4-6-15(12)17-14/h3-6,11,13-14H,7-10H2,1-2H3. The lowest BCUT2D eigenvalue weighted by molar-refractivity contribution is 0.216. The molecule has 0 N–H and O–H groups in total. The number of fused-ring (bicyclic) bond motifs is 1. The Labute approximate surface area is 109 Å². The number of alkyl halides is 1. The van der Waals surface area contributed by atoms with Gasteiger partial charge in [0.25, 0.3) is 0 Å². The zero-order valence-corrected chi connectivity index (χ0v) is 11.4. The minimum absolute atomic E-state index is 0.294. The molecule has 0 saturated heterocycles. The molecule has 0 fully saturated rings. The molecular weight excluding hydrogens is 232 g/mol. The van der Waals surface area contributed by atoms with Gasteiger partial charge in [0.2, 0.25) is 0 Å². The van der Waals surface area contributed by atoms with Gasteiger partial charge in [-0.1, -0.05) is 32.0 Å². The Morgan fingerprint density at radius 1 is 1.35 bits per heavy atom. The Kier molecular flexibility index (Phi) is 4.33. The molecule has 0 spiro atoms. The van der Waals surface area contributed by atoms with Crippen molar-refractivity contribution in [2.75, 3.05) is 0 Å². The summed E-state index contributed by atoms with van der Waals surface area (Å²) in [5.74, 6) is 1.74. The summed E-state index contributed by atoms with van der Waals surface area (Å²) in [6.07, 6.45) is 4.59. The van der Waals surface area contributed by atoms with Crippen LogP contribution in [0.15, 0.2) is 24.3 Å². The molecule has 94 valence electrons. The van der Waals surface area contributed by atoms with Crippen molar-refractivity contribution in [1.29, 1.82) is 0 Å². The van der Waals surface area contributed by atoms with Gasteiger partial charge in [-0.05, 0) is 36.8 Å². The highest BCUT2D eigenvalue weighted by molar-refractivity contribution is 6.20. The third-order valence-corrected chi connectivity index (χ3v) is 3.64. The molecule has 0 aromatic heterocycles. The van der Waals surface area contributed by atoms with Gasteiger partial charge in [0.15, 0.2) is 0 Å². The summed E-state index contributed by atoms with van der Waals surface area (Å²) >= 11 is 6.31. The summed E-state index contributed by atoms with van der Waals surface area (Å²) in [5.41, 5.74) is 1.34. The van der Waals surface area contributed by atoms with Gasteiger partial charge in [-0.2, -0.15) is 0 Å². The topological polar surface area (TPSA) is 9.23 Å². The van der Waals surface area contributed by atoms with E-state index in [2.05, 4.69) is 32.0 Å². The molecular formula is C15H21ClO. The number of rotatable bonds is 5. The molecule has 0 bridgehead atoms. The van der Waals surface area contributed by atoms with Crippen LogP contribution in [0.1, 0.15) is 38.7 Å². The van der Waals surface area contributed by atoms with E-state index >= 15 is 0 Å². The third-order valence-electron chi connectivity index (χ3n) is 3.24. The molecule has 1 heterocycles. The highest BCUT2D eigenvalue weighted by Crippen LogP contribution is 2.30. The third kappa shape index (κ3) is 3.64. The van der Waals surface area contributed by atoms with Crippen molar-refractivity contribution in [1.82, 2.24) is 0 Å². The van der Waals surface area contributed by atoms with Crippen LogP contribution in [-0.2, 0) is 6.42 Å². The minimum Gasteiger partial charge on any atom is -0.490 e. The lowest BCUT2D eigenvalue weighted by Gasteiger charge is -2.15. The first-order valence-electron chi connectivity index (χ1n) is 6.53. The highest BCUT2D eigenvalue weighted by Gasteiger charge is 2.22. The number of benzene rings is 1. The Morgan fingerprint density at radius 2 is 2.12 bits per heavy atom. The molecule has 0 saturated carbocycles. The average molecular weight is 253 g/mol. The van der Waals surface area contributed by atoms with E-state index in [1.54, 1.807) is 0 Å². The van der Waals surface area contributed by atoms with Crippen LogP contribution in [0.5, 0.6) is 5.75 Å². The molecule has 2 atom stereocenters. The minimum atomic E-state index is 0.294. The number of hydrogen-bond donors (Lipinski definition) is 0. The number of halogens is 1. The molecule has 17 heavy (non-hydrogen) atoms. The molecule has 0 radical (unpaired) electrons. The predicted molar refractivity (Wildman–Crippen MR) is 72.9 cm³/mol. The van der Waals surface area contributed by atoms with Gasteiger partial charge in [-0.25, -0.2) is 0 Å². The van der Waals surface area contributed by atoms with Crippen LogP contribution in [0, 0.1) is 5.92 Å². The van der Waals surface area contributed by atoms with Gasteiger partial charge in [0.1, 0.15) is 11.9 Å². The van der Waals surface area contributed by atoms with Crippen LogP contribution < -0.4 is 4.74 Å². The lowest BCUT2D eigenvalue weighted by Crippen LogP contribution is -2.15. The van der Waals surface area contributed by atoms with Crippen molar-refractivity contribution >= 4 is 11.6 Å². The van der Waals surface area contributed by atoms with Gasteiger partial charge in [0.05, 0.1) is 0 Å². The van der Waals surface area contributed by atoms with E-state index in [0.29, 0.717) is 17.4 Å². The van der Waals surface area contributed by atoms with Gasteiger partial charge < -0.3 is 4.74 Å². The second-order valence-corrected chi connectivity index (χ2v) is 5.97. The molecule has 1 aromatic rings. The lowest BCUT2D eigenvalue weighted by atomic mass is 10.0. The van der Waals surface area contributed by atoms with Crippen molar-refractivity contribution in [3.05, 3.63) is 29.8 Å². The molecule has 1 aromatic carbocycles. The fourth-order valence-corrected chi connectivity index (χ4v) is 2.89. The first kappa shape index (κ1) is 12.8. The van der Waals surface area contributed by atoms with Crippen LogP contribution in [0.4, 0.5) is 0 Å². The second kappa shape index (κ2) is 5.77. The maximum absolute atomic E-state index is 6.31. The summed E-state index contributed by atoms with van der Waals surface area (Å²) in [5, 5.41) is 0.294. The molecule has 0 aliphatic carbocycles. The van der Waals surface area contributed by atoms with E-state index in [9.17, 15) is 0 Å². The maximum atomic E-state index is 6.31. The van der Waals surface area contributed by atoms with Crippen molar-refractivity contribution in [2.45, 2.75) is 51.0 Å². The van der Waals surface area contributed by atoms with E-state index < -0.39 is 0 Å². The summed E-state index contributed by atoms with van der Waals surface area (Å²) in [7, 11) is 0. The maximum Gasteiger partial charge on any atom is 0.123 e. The van der Waals surface area contributed by atoms with Gasteiger partial charge in [-0.3, -0.25) is 0 Å². The van der Waals surface area contributed by atoms with Crippen molar-refractivity contribution in [3.63, 3.8) is 0 Å². The molecule has 2 heteroatoms. The van der Waals surface area contributed by atoms with Gasteiger partial charge >= 0.3 is 0 Å². The molecule has 1 aliphatic heterocycles. The summed E-state index contributed by atoms with van der Waals surface area (Å²) in [6, 6.07) is 8.32. The van der Waals surface area contributed by atoms with E-state index in [1.807, 2.05) is 6.07 Å². The quantitative estimate of drug-likeness (QED) is 0.705. The number of para-hydroxylation sites is 1. The molecule has 2 unspecified atom stereocenters. The van der Waals surface area contributed by atoms with Gasteiger partial charge in [0, 0.05) is 11.8 Å². The van der Waals surface area contributed by atoms with Crippen LogP contribution in [0.2, 0.25) is 0 Å². The van der Waals surface area contributed by atoms with Crippen LogP contribution in [-0.4, -0.2) is 11.5 Å². The molecule has 1 nitrogen and oxygen atoms in total. The van der Waals surface area contributed by atoms with Crippen molar-refractivity contribution in [3.8, 4) is 5.75 Å². The van der Waals surface area contributed by atoms with Crippen molar-refractivity contribution in [2.24, 2.45) is 5.92 Å². The second-order valence-electron chi connectivity index (χ2n) is 5.36. The molecule has 0 amide bonds. The van der Waals surface area contributed by atoms with Crippen LogP contribution >= 0.6 is 11.6 Å². The van der Waals surface area contributed by atoms with Crippen LogP contribution in [0.25, 0.3) is 0 Å². The Balaban J connectivity index is 1.76.